The maximum Gasteiger partial charge on any atom is 0.0796 e. The standard InChI is InChI=1S/C26H34N4O2.2H2S/c27-15-13-25(31)21-29(19-23-9-3-1-4-10-23)17-7-8-18-30(22-26(32)14-16-28)20-24-11-5-2-6-12-24;;/h1-6,9-12,25-26,31-32H,7-8,13-14,17-22H2;2*1H2/t25-,26-;;/m0../s1. The summed E-state index contributed by atoms with van der Waals surface area (Å²) >= 11 is 0. The van der Waals surface area contributed by atoms with Crippen molar-refractivity contribution in [2.45, 2.75) is 51.0 Å². The lowest BCUT2D eigenvalue weighted by Crippen LogP contribution is -2.34. The molecule has 2 aromatic carbocycles. The van der Waals surface area contributed by atoms with Crippen LogP contribution in [0.25, 0.3) is 0 Å². The highest BCUT2D eigenvalue weighted by molar-refractivity contribution is 7.59. The van der Waals surface area contributed by atoms with Crippen LogP contribution >= 0.6 is 27.0 Å². The monoisotopic (exact) mass is 502 g/mol. The summed E-state index contributed by atoms with van der Waals surface area (Å²) in [6.45, 7) is 4.04. The minimum Gasteiger partial charge on any atom is -0.391 e. The average Bonchev–Trinajstić information content (AvgIpc) is 2.78. The first-order valence-electron chi connectivity index (χ1n) is 11.2. The molecule has 2 N–H and O–H groups in total. The number of rotatable bonds is 15. The van der Waals surface area contributed by atoms with Crippen LogP contribution in [0.2, 0.25) is 0 Å². The second-order valence-corrected chi connectivity index (χ2v) is 8.18. The predicted octanol–water partition coefficient (Wildman–Crippen LogP) is 3.55. The summed E-state index contributed by atoms with van der Waals surface area (Å²) in [7, 11) is 0. The summed E-state index contributed by atoms with van der Waals surface area (Å²) in [6.07, 6.45) is 0.830. The van der Waals surface area contributed by atoms with Crippen LogP contribution in [0.3, 0.4) is 0 Å². The van der Waals surface area contributed by atoms with Gasteiger partial charge in [0.2, 0.25) is 0 Å². The number of hydrogen-bond acceptors (Lipinski definition) is 6. The van der Waals surface area contributed by atoms with Crippen molar-refractivity contribution in [3.63, 3.8) is 0 Å². The molecule has 0 heterocycles. The third-order valence-electron chi connectivity index (χ3n) is 5.29. The molecule has 0 bridgehead atoms. The second-order valence-electron chi connectivity index (χ2n) is 8.18. The molecule has 0 radical (unpaired) electrons. The molecule has 0 unspecified atom stereocenters. The van der Waals surface area contributed by atoms with E-state index in [9.17, 15) is 10.2 Å². The van der Waals surface area contributed by atoms with Crippen LogP contribution in [0, 0.1) is 22.7 Å². The van der Waals surface area contributed by atoms with Crippen molar-refractivity contribution < 1.29 is 10.2 Å². The Balaban J connectivity index is 0.00000544. The van der Waals surface area contributed by atoms with Gasteiger partial charge in [-0.05, 0) is 37.1 Å². The molecular formula is C26H38N4O2S2. The summed E-state index contributed by atoms with van der Waals surface area (Å²) in [5, 5.41) is 38.0. The Hall–Kier alpha value is -2.04. The Kier molecular flexibility index (Phi) is 18.1. The highest BCUT2D eigenvalue weighted by Gasteiger charge is 2.14. The zero-order valence-corrected chi connectivity index (χ0v) is 21.7. The maximum absolute atomic E-state index is 10.1. The Labute approximate surface area is 218 Å². The van der Waals surface area contributed by atoms with Gasteiger partial charge in [0, 0.05) is 26.2 Å². The van der Waals surface area contributed by atoms with Crippen molar-refractivity contribution in [2.24, 2.45) is 0 Å². The molecule has 2 atom stereocenters. The number of aliphatic hydroxyl groups is 2. The maximum atomic E-state index is 10.1. The van der Waals surface area contributed by atoms with Gasteiger partial charge >= 0.3 is 0 Å². The highest BCUT2D eigenvalue weighted by Crippen LogP contribution is 2.11. The second kappa shape index (κ2) is 19.3. The van der Waals surface area contributed by atoms with E-state index in [-0.39, 0.29) is 39.8 Å². The lowest BCUT2D eigenvalue weighted by Gasteiger charge is -2.27. The van der Waals surface area contributed by atoms with Gasteiger partial charge < -0.3 is 10.2 Å². The van der Waals surface area contributed by atoms with Crippen molar-refractivity contribution >= 4 is 27.0 Å². The first-order chi connectivity index (χ1) is 15.6. The van der Waals surface area contributed by atoms with Crippen LogP contribution in [0.4, 0.5) is 0 Å². The van der Waals surface area contributed by atoms with Crippen LogP contribution < -0.4 is 0 Å². The minimum absolute atomic E-state index is 0. The molecule has 0 saturated heterocycles. The normalized spacial score (nSPS) is 12.2. The summed E-state index contributed by atoms with van der Waals surface area (Å²) in [5.74, 6) is 0. The number of nitrogens with zero attached hydrogens (tertiary/aromatic N) is 4. The van der Waals surface area contributed by atoms with Crippen LogP contribution in [0.1, 0.15) is 36.8 Å². The molecule has 2 aromatic rings. The predicted molar refractivity (Wildman–Crippen MR) is 146 cm³/mol. The van der Waals surface area contributed by atoms with Gasteiger partial charge in [0.25, 0.3) is 0 Å². The van der Waals surface area contributed by atoms with E-state index in [0.29, 0.717) is 13.1 Å². The van der Waals surface area contributed by atoms with E-state index in [1.54, 1.807) is 0 Å². The first-order valence-corrected chi connectivity index (χ1v) is 11.2. The first kappa shape index (κ1) is 32.0. The Morgan fingerprint density at radius 3 is 1.32 bits per heavy atom. The van der Waals surface area contributed by atoms with Crippen molar-refractivity contribution in [1.82, 2.24) is 9.80 Å². The third kappa shape index (κ3) is 13.6. The molecule has 0 spiro atoms. The van der Waals surface area contributed by atoms with Gasteiger partial charge in [-0.3, -0.25) is 9.80 Å². The zero-order valence-electron chi connectivity index (χ0n) is 19.7. The SMILES string of the molecule is N#CC[C@H](O)CN(CCCCN(Cc1ccccc1)C[C@@H](O)CC#N)Cc1ccccc1.S.S. The van der Waals surface area contributed by atoms with Gasteiger partial charge in [-0.15, -0.1) is 0 Å². The van der Waals surface area contributed by atoms with Crippen LogP contribution in [0.15, 0.2) is 60.7 Å². The summed E-state index contributed by atoms with van der Waals surface area (Å²) in [4.78, 5) is 4.40. The van der Waals surface area contributed by atoms with Crippen molar-refractivity contribution in [2.75, 3.05) is 26.2 Å². The molecule has 6 nitrogen and oxygen atoms in total. The van der Waals surface area contributed by atoms with E-state index in [4.69, 9.17) is 10.5 Å². The lowest BCUT2D eigenvalue weighted by atomic mass is 10.1. The molecule has 0 aliphatic rings. The molecule has 0 aliphatic carbocycles. The van der Waals surface area contributed by atoms with Gasteiger partial charge in [-0.2, -0.15) is 37.5 Å². The molecule has 0 aromatic heterocycles. The van der Waals surface area contributed by atoms with Crippen molar-refractivity contribution in [3.8, 4) is 12.1 Å². The Morgan fingerprint density at radius 1 is 0.647 bits per heavy atom. The van der Waals surface area contributed by atoms with E-state index < -0.39 is 12.2 Å². The van der Waals surface area contributed by atoms with Gasteiger partial charge in [0.15, 0.2) is 0 Å². The Morgan fingerprint density at radius 2 is 1.00 bits per heavy atom. The highest BCUT2D eigenvalue weighted by atomic mass is 32.1. The third-order valence-corrected chi connectivity index (χ3v) is 5.29. The molecule has 186 valence electrons. The topological polar surface area (TPSA) is 94.5 Å². The van der Waals surface area contributed by atoms with Gasteiger partial charge in [0.1, 0.15) is 0 Å². The van der Waals surface area contributed by atoms with Crippen molar-refractivity contribution in [3.05, 3.63) is 71.8 Å². The lowest BCUT2D eigenvalue weighted by molar-refractivity contribution is 0.102. The number of hydrogen-bond donors (Lipinski definition) is 2. The Bertz CT molecular complexity index is 772. The smallest absolute Gasteiger partial charge is 0.0796 e. The van der Waals surface area contributed by atoms with E-state index in [1.165, 1.54) is 11.1 Å². The molecule has 0 saturated carbocycles. The molecule has 8 heteroatoms. The molecular weight excluding hydrogens is 464 g/mol. The summed E-state index contributed by atoms with van der Waals surface area (Å²) in [6, 6.07) is 24.4. The minimum atomic E-state index is -0.653. The number of unbranched alkanes of at least 4 members (excludes halogenated alkanes) is 1. The molecule has 34 heavy (non-hydrogen) atoms. The van der Waals surface area contributed by atoms with Crippen molar-refractivity contribution in [1.29, 1.82) is 10.5 Å². The van der Waals surface area contributed by atoms with E-state index >= 15 is 0 Å². The van der Waals surface area contributed by atoms with E-state index in [1.807, 2.05) is 48.5 Å². The van der Waals surface area contributed by atoms with Crippen LogP contribution in [-0.4, -0.2) is 58.4 Å². The molecule has 0 fully saturated rings. The summed E-state index contributed by atoms with van der Waals surface area (Å²) < 4.78 is 0. The van der Waals surface area contributed by atoms with Gasteiger partial charge in [-0.25, -0.2) is 0 Å². The zero-order chi connectivity index (χ0) is 23.0. The fourth-order valence-electron chi connectivity index (χ4n) is 3.76. The van der Waals surface area contributed by atoms with Gasteiger partial charge in [-0.1, -0.05) is 60.7 Å². The van der Waals surface area contributed by atoms with Crippen LogP contribution in [-0.2, 0) is 13.1 Å². The largest absolute Gasteiger partial charge is 0.391 e. The number of benzene rings is 2. The van der Waals surface area contributed by atoms with Gasteiger partial charge in [0.05, 0.1) is 37.2 Å². The number of nitriles is 2. The molecule has 2 rings (SSSR count). The fraction of sp³-hybridized carbons (Fsp3) is 0.462. The molecule has 0 amide bonds. The number of aliphatic hydroxyl groups excluding tert-OH is 2. The summed E-state index contributed by atoms with van der Waals surface area (Å²) in [5.41, 5.74) is 2.36. The average molecular weight is 503 g/mol. The van der Waals surface area contributed by atoms with E-state index in [0.717, 1.165) is 39.0 Å². The fourth-order valence-corrected chi connectivity index (χ4v) is 3.76. The quantitative estimate of drug-likeness (QED) is 0.362. The van der Waals surface area contributed by atoms with E-state index in [2.05, 4.69) is 34.1 Å². The molecule has 0 aliphatic heterocycles. The van der Waals surface area contributed by atoms with Crippen LogP contribution in [0.5, 0.6) is 0 Å².